The highest BCUT2D eigenvalue weighted by Gasteiger charge is 2.29. The van der Waals surface area contributed by atoms with Crippen molar-refractivity contribution in [2.75, 3.05) is 26.3 Å². The van der Waals surface area contributed by atoms with Crippen molar-refractivity contribution in [3.63, 3.8) is 0 Å². The van der Waals surface area contributed by atoms with Crippen molar-refractivity contribution in [1.29, 1.82) is 0 Å². The molecule has 0 saturated heterocycles. The molecule has 118 valence electrons. The Kier molecular flexibility index (Phi) is 4.44. The molecule has 1 heterocycles. The van der Waals surface area contributed by atoms with Gasteiger partial charge in [0.05, 0.1) is 11.0 Å². The number of hydrogen-bond donors (Lipinski definition) is 1. The summed E-state index contributed by atoms with van der Waals surface area (Å²) in [6.45, 7) is 1.69. The third-order valence-electron chi connectivity index (χ3n) is 3.08. The number of carbonyl (C=O) groups is 2. The number of likely N-dealkylation sites (N-methyl/N-ethyl adjacent to an activating group) is 1. The predicted octanol–water partition coefficient (Wildman–Crippen LogP) is 0.913. The van der Waals surface area contributed by atoms with E-state index in [1.807, 2.05) is 0 Å². The lowest BCUT2D eigenvalue weighted by Gasteiger charge is -2.21. The molecule has 0 bridgehead atoms. The molecular weight excluding hydrogens is 296 g/mol. The van der Waals surface area contributed by atoms with E-state index < -0.39 is 29.0 Å². The second kappa shape index (κ2) is 6.29. The Morgan fingerprint density at radius 2 is 1.91 bits per heavy atom. The zero-order valence-corrected chi connectivity index (χ0v) is 11.8. The zero-order chi connectivity index (χ0) is 16.3. The highest BCUT2D eigenvalue weighted by molar-refractivity contribution is 6.00. The molecule has 1 N–H and O–H groups in total. The largest absolute Gasteiger partial charge is 0.486 e. The number of carbonyl (C=O) groups excluding carboxylic acids is 1. The Morgan fingerprint density at radius 3 is 2.41 bits per heavy atom. The van der Waals surface area contributed by atoms with Gasteiger partial charge >= 0.3 is 5.97 Å². The van der Waals surface area contributed by atoms with Crippen LogP contribution in [0.25, 0.3) is 0 Å². The van der Waals surface area contributed by atoms with E-state index in [0.29, 0.717) is 0 Å². The van der Waals surface area contributed by atoms with Crippen molar-refractivity contribution in [3.8, 4) is 11.5 Å². The minimum Gasteiger partial charge on any atom is -0.486 e. The average Bonchev–Trinajstić information content (AvgIpc) is 2.50. The van der Waals surface area contributed by atoms with Gasteiger partial charge in [-0.05, 0) is 6.92 Å². The summed E-state index contributed by atoms with van der Waals surface area (Å²) >= 11 is 0. The first-order chi connectivity index (χ1) is 10.4. The molecule has 9 nitrogen and oxygen atoms in total. The van der Waals surface area contributed by atoms with Crippen LogP contribution in [0.4, 0.5) is 5.69 Å². The highest BCUT2D eigenvalue weighted by atomic mass is 16.6. The number of ether oxygens (including phenoxy) is 2. The quantitative estimate of drug-likeness (QED) is 0.634. The van der Waals surface area contributed by atoms with Crippen LogP contribution in [0.2, 0.25) is 0 Å². The number of nitro benzene ring substituents is 1. The molecular formula is C13H14N2O7. The van der Waals surface area contributed by atoms with Gasteiger partial charge in [-0.25, -0.2) is 0 Å². The molecule has 1 aliphatic heterocycles. The fourth-order valence-electron chi connectivity index (χ4n) is 2.06. The summed E-state index contributed by atoms with van der Waals surface area (Å²) < 4.78 is 10.6. The normalized spacial score (nSPS) is 12.6. The number of benzene rings is 1. The number of carboxylic acids is 1. The van der Waals surface area contributed by atoms with E-state index in [9.17, 15) is 19.7 Å². The molecule has 1 amide bonds. The summed E-state index contributed by atoms with van der Waals surface area (Å²) in [4.78, 5) is 34.6. The summed E-state index contributed by atoms with van der Waals surface area (Å²) in [5.41, 5.74) is -0.671. The third-order valence-corrected chi connectivity index (χ3v) is 3.08. The number of aliphatic carboxylic acids is 1. The third kappa shape index (κ3) is 3.08. The Hall–Kier alpha value is -2.84. The van der Waals surface area contributed by atoms with E-state index in [-0.39, 0.29) is 36.8 Å². The summed E-state index contributed by atoms with van der Waals surface area (Å²) in [6, 6.07) is 2.34. The van der Waals surface area contributed by atoms with Gasteiger partial charge in [-0.2, -0.15) is 0 Å². The number of amides is 1. The number of rotatable bonds is 5. The Bertz CT molecular complexity index is 629. The van der Waals surface area contributed by atoms with Crippen LogP contribution in [-0.2, 0) is 4.79 Å². The molecule has 2 rings (SSSR count). The number of fused-ring (bicyclic) bond motifs is 1. The van der Waals surface area contributed by atoms with Crippen LogP contribution >= 0.6 is 0 Å². The van der Waals surface area contributed by atoms with Crippen LogP contribution in [0.1, 0.15) is 17.3 Å². The van der Waals surface area contributed by atoms with Gasteiger partial charge in [-0.1, -0.05) is 0 Å². The van der Waals surface area contributed by atoms with Crippen LogP contribution in [0.15, 0.2) is 12.1 Å². The lowest BCUT2D eigenvalue weighted by atomic mass is 10.1. The maximum atomic E-state index is 12.4. The lowest BCUT2D eigenvalue weighted by molar-refractivity contribution is -0.385. The molecule has 0 aliphatic carbocycles. The van der Waals surface area contributed by atoms with Crippen LogP contribution in [0.3, 0.4) is 0 Å². The minimum atomic E-state index is -1.20. The monoisotopic (exact) mass is 310 g/mol. The molecule has 1 aromatic rings. The first kappa shape index (κ1) is 15.5. The second-order valence-corrected chi connectivity index (χ2v) is 4.48. The van der Waals surface area contributed by atoms with Gasteiger partial charge in [0, 0.05) is 12.6 Å². The summed E-state index contributed by atoms with van der Waals surface area (Å²) in [5, 5.41) is 20.0. The Balaban J connectivity index is 2.45. The van der Waals surface area contributed by atoms with Gasteiger partial charge < -0.3 is 19.5 Å². The molecule has 22 heavy (non-hydrogen) atoms. The first-order valence-corrected chi connectivity index (χ1v) is 6.53. The van der Waals surface area contributed by atoms with Crippen LogP contribution < -0.4 is 9.47 Å². The number of carboxylic acid groups (broad SMARTS) is 1. The maximum absolute atomic E-state index is 12.4. The summed E-state index contributed by atoms with van der Waals surface area (Å²) in [6.07, 6.45) is 0. The van der Waals surface area contributed by atoms with E-state index in [4.69, 9.17) is 14.6 Å². The molecule has 0 saturated carbocycles. The Morgan fingerprint density at radius 1 is 1.32 bits per heavy atom. The second-order valence-electron chi connectivity index (χ2n) is 4.48. The molecule has 0 spiro atoms. The zero-order valence-electron chi connectivity index (χ0n) is 11.8. The van der Waals surface area contributed by atoms with Crippen LogP contribution in [0, 0.1) is 10.1 Å². The number of hydrogen-bond acceptors (Lipinski definition) is 6. The lowest BCUT2D eigenvalue weighted by Crippen LogP contribution is -2.35. The van der Waals surface area contributed by atoms with Crippen molar-refractivity contribution in [2.24, 2.45) is 0 Å². The fraction of sp³-hybridized carbons (Fsp3) is 0.385. The molecule has 1 aromatic carbocycles. The SMILES string of the molecule is CCN(CC(=O)O)C(=O)c1cc2c(cc1[N+](=O)[O-])OCCO2. The van der Waals surface area contributed by atoms with Gasteiger partial charge in [0.25, 0.3) is 11.6 Å². The van der Waals surface area contributed by atoms with E-state index in [0.717, 1.165) is 11.0 Å². The standard InChI is InChI=1S/C13H14N2O7/c1-2-14(7-12(16)17)13(18)8-5-10-11(22-4-3-21-10)6-9(8)15(19)20/h5-6H,2-4,7H2,1H3,(H,16,17). The fourth-order valence-corrected chi connectivity index (χ4v) is 2.06. The molecule has 9 heteroatoms. The van der Waals surface area contributed by atoms with Gasteiger partial charge in [-0.3, -0.25) is 19.7 Å². The van der Waals surface area contributed by atoms with Crippen molar-refractivity contribution < 1.29 is 29.1 Å². The Labute approximate surface area is 125 Å². The topological polar surface area (TPSA) is 119 Å². The number of nitrogens with zero attached hydrogens (tertiary/aromatic N) is 2. The smallest absolute Gasteiger partial charge is 0.323 e. The van der Waals surface area contributed by atoms with E-state index in [1.165, 1.54) is 6.07 Å². The van der Waals surface area contributed by atoms with Crippen molar-refractivity contribution in [2.45, 2.75) is 6.92 Å². The first-order valence-electron chi connectivity index (χ1n) is 6.53. The van der Waals surface area contributed by atoms with Gasteiger partial charge in [0.15, 0.2) is 11.5 Å². The molecule has 0 radical (unpaired) electrons. The van der Waals surface area contributed by atoms with E-state index in [1.54, 1.807) is 6.92 Å². The molecule has 0 atom stereocenters. The summed E-state index contributed by atoms with van der Waals surface area (Å²) in [5.74, 6) is -1.52. The van der Waals surface area contributed by atoms with Crippen molar-refractivity contribution >= 4 is 17.6 Å². The van der Waals surface area contributed by atoms with E-state index >= 15 is 0 Å². The van der Waals surface area contributed by atoms with Gasteiger partial charge in [0.1, 0.15) is 25.3 Å². The van der Waals surface area contributed by atoms with Crippen molar-refractivity contribution in [3.05, 3.63) is 27.8 Å². The van der Waals surface area contributed by atoms with E-state index in [2.05, 4.69) is 0 Å². The molecule has 0 aromatic heterocycles. The van der Waals surface area contributed by atoms with Crippen LogP contribution in [0.5, 0.6) is 11.5 Å². The van der Waals surface area contributed by atoms with Gasteiger partial charge in [0.2, 0.25) is 0 Å². The number of nitro groups is 1. The highest BCUT2D eigenvalue weighted by Crippen LogP contribution is 2.37. The maximum Gasteiger partial charge on any atom is 0.323 e. The van der Waals surface area contributed by atoms with Crippen LogP contribution in [-0.4, -0.2) is 53.1 Å². The predicted molar refractivity (Wildman–Crippen MR) is 73.3 cm³/mol. The van der Waals surface area contributed by atoms with Gasteiger partial charge in [-0.15, -0.1) is 0 Å². The summed E-state index contributed by atoms with van der Waals surface area (Å²) in [7, 11) is 0. The van der Waals surface area contributed by atoms with Crippen molar-refractivity contribution in [1.82, 2.24) is 4.90 Å². The molecule has 0 fully saturated rings. The molecule has 0 unspecified atom stereocenters. The molecule has 1 aliphatic rings. The average molecular weight is 310 g/mol. The minimum absolute atomic E-state index is 0.108.